The standard InChI is InChI=1S/C16H8ClN3O3S2/c17-7-1-2-10-12(3-7)25-16-18-8(5-19(10)16)4-9-13(21)20-11(15(22)23)6-24-14(9)20/h1-6,14H,(H,22,23)/b9-4-/t14-/m1/s1. The fraction of sp³-hybridized carbons (Fsp3) is 0.0625. The molecule has 0 saturated carbocycles. The maximum absolute atomic E-state index is 12.3. The minimum absolute atomic E-state index is 0.0332. The third kappa shape index (κ3) is 2.08. The number of β-lactam (4-membered cyclic amide) rings is 1. The maximum Gasteiger partial charge on any atom is 0.353 e. The molecule has 0 aliphatic carbocycles. The fourth-order valence-corrected chi connectivity index (χ4v) is 5.40. The average molecular weight is 390 g/mol. The van der Waals surface area contributed by atoms with Gasteiger partial charge in [0, 0.05) is 16.6 Å². The van der Waals surface area contributed by atoms with Crippen molar-refractivity contribution in [3.05, 3.63) is 51.8 Å². The lowest BCUT2D eigenvalue weighted by Gasteiger charge is -2.36. The van der Waals surface area contributed by atoms with Gasteiger partial charge in [0.05, 0.1) is 21.5 Å². The van der Waals surface area contributed by atoms with Crippen LogP contribution in [0.5, 0.6) is 0 Å². The van der Waals surface area contributed by atoms with Crippen LogP contribution < -0.4 is 0 Å². The molecule has 5 rings (SSSR count). The Labute approximate surface area is 154 Å². The molecule has 4 heterocycles. The van der Waals surface area contributed by atoms with Crippen molar-refractivity contribution in [2.75, 3.05) is 0 Å². The minimum atomic E-state index is -1.09. The summed E-state index contributed by atoms with van der Waals surface area (Å²) in [6.07, 6.45) is 3.60. The summed E-state index contributed by atoms with van der Waals surface area (Å²) in [6.45, 7) is 0. The number of carboxylic acid groups (broad SMARTS) is 1. The molecule has 1 atom stereocenters. The van der Waals surface area contributed by atoms with E-state index in [1.807, 2.05) is 28.8 Å². The Kier molecular flexibility index (Phi) is 3.06. The molecule has 0 unspecified atom stereocenters. The quantitative estimate of drug-likeness (QED) is 0.537. The van der Waals surface area contributed by atoms with E-state index >= 15 is 0 Å². The van der Waals surface area contributed by atoms with E-state index in [2.05, 4.69) is 4.98 Å². The Balaban J connectivity index is 1.52. The highest BCUT2D eigenvalue weighted by atomic mass is 35.5. The lowest BCUT2D eigenvalue weighted by Crippen LogP contribution is -2.51. The van der Waals surface area contributed by atoms with Crippen LogP contribution in [0.25, 0.3) is 21.3 Å². The average Bonchev–Trinajstić information content (AvgIpc) is 3.22. The molecule has 0 bridgehead atoms. The third-order valence-electron chi connectivity index (χ3n) is 4.13. The molecule has 2 aliphatic rings. The van der Waals surface area contributed by atoms with Crippen molar-refractivity contribution < 1.29 is 14.7 Å². The predicted octanol–water partition coefficient (Wildman–Crippen LogP) is 3.43. The van der Waals surface area contributed by atoms with Crippen LogP contribution in [0.15, 0.2) is 41.1 Å². The van der Waals surface area contributed by atoms with Crippen LogP contribution in [0.3, 0.4) is 0 Å². The summed E-state index contributed by atoms with van der Waals surface area (Å²) in [5.41, 5.74) is 2.28. The predicted molar refractivity (Wildman–Crippen MR) is 97.5 cm³/mol. The number of carbonyl (C=O) groups excluding carboxylic acids is 1. The van der Waals surface area contributed by atoms with Gasteiger partial charge in [-0.2, -0.15) is 0 Å². The highest BCUT2D eigenvalue weighted by Gasteiger charge is 2.49. The zero-order valence-electron chi connectivity index (χ0n) is 12.3. The van der Waals surface area contributed by atoms with Crippen molar-refractivity contribution in [3.8, 4) is 0 Å². The summed E-state index contributed by atoms with van der Waals surface area (Å²) in [7, 11) is 0. The van der Waals surface area contributed by atoms with Crippen LogP contribution in [-0.4, -0.2) is 36.6 Å². The number of thioether (sulfide) groups is 1. The van der Waals surface area contributed by atoms with Gasteiger partial charge >= 0.3 is 5.97 Å². The van der Waals surface area contributed by atoms with Crippen molar-refractivity contribution in [2.45, 2.75) is 5.37 Å². The zero-order chi connectivity index (χ0) is 17.3. The summed E-state index contributed by atoms with van der Waals surface area (Å²) in [5.74, 6) is -1.37. The number of rotatable bonds is 2. The van der Waals surface area contributed by atoms with Gasteiger partial charge in [0.15, 0.2) is 4.96 Å². The van der Waals surface area contributed by atoms with E-state index in [9.17, 15) is 9.59 Å². The van der Waals surface area contributed by atoms with Crippen molar-refractivity contribution in [1.29, 1.82) is 0 Å². The van der Waals surface area contributed by atoms with E-state index < -0.39 is 5.97 Å². The van der Waals surface area contributed by atoms with Crippen LogP contribution in [0, 0.1) is 0 Å². The number of benzene rings is 1. The van der Waals surface area contributed by atoms with Crippen molar-refractivity contribution in [2.24, 2.45) is 0 Å². The summed E-state index contributed by atoms with van der Waals surface area (Å²) < 4.78 is 3.01. The Morgan fingerprint density at radius 1 is 1.40 bits per heavy atom. The molecule has 9 heteroatoms. The molecule has 1 aromatic carbocycles. The molecule has 1 N–H and O–H groups in total. The second-order valence-corrected chi connectivity index (χ2v) is 8.00. The molecular weight excluding hydrogens is 382 g/mol. The van der Waals surface area contributed by atoms with Crippen LogP contribution in [0.4, 0.5) is 0 Å². The van der Waals surface area contributed by atoms with E-state index in [4.69, 9.17) is 16.7 Å². The van der Waals surface area contributed by atoms with Crippen LogP contribution in [0.1, 0.15) is 5.69 Å². The Bertz CT molecular complexity index is 1160. The molecule has 2 aliphatic heterocycles. The van der Waals surface area contributed by atoms with Gasteiger partial charge in [-0.15, -0.1) is 11.8 Å². The van der Waals surface area contributed by atoms with Crippen LogP contribution in [-0.2, 0) is 9.59 Å². The molecule has 0 spiro atoms. The van der Waals surface area contributed by atoms with Gasteiger partial charge in [-0.3, -0.25) is 14.1 Å². The van der Waals surface area contributed by atoms with Gasteiger partial charge in [0.1, 0.15) is 11.1 Å². The molecule has 2 aromatic heterocycles. The van der Waals surface area contributed by atoms with Crippen LogP contribution >= 0.6 is 34.7 Å². The van der Waals surface area contributed by atoms with Crippen LogP contribution in [0.2, 0.25) is 5.02 Å². The molecule has 1 amide bonds. The second-order valence-electron chi connectivity index (χ2n) is 5.60. The molecule has 124 valence electrons. The smallest absolute Gasteiger partial charge is 0.353 e. The first-order valence-corrected chi connectivity index (χ1v) is 9.38. The second kappa shape index (κ2) is 5.10. The van der Waals surface area contributed by atoms with E-state index in [0.29, 0.717) is 16.3 Å². The molecule has 6 nitrogen and oxygen atoms in total. The normalized spacial score (nSPS) is 21.1. The van der Waals surface area contributed by atoms with Gasteiger partial charge in [-0.05, 0) is 24.3 Å². The molecule has 3 aromatic rings. The first kappa shape index (κ1) is 15.0. The SMILES string of the molecule is O=C(O)C1=CS[C@@H]2/C(=C\c3cn4c(n3)sc3cc(Cl)ccc34)C(=O)N12. The number of amides is 1. The Morgan fingerprint density at radius 3 is 3.04 bits per heavy atom. The zero-order valence-corrected chi connectivity index (χ0v) is 14.7. The number of thiazole rings is 1. The van der Waals surface area contributed by atoms with E-state index in [-0.39, 0.29) is 17.0 Å². The number of fused-ring (bicyclic) bond motifs is 4. The van der Waals surface area contributed by atoms with E-state index in [0.717, 1.165) is 15.2 Å². The lowest BCUT2D eigenvalue weighted by atomic mass is 10.0. The van der Waals surface area contributed by atoms with Crippen molar-refractivity contribution >= 4 is 67.8 Å². The first-order chi connectivity index (χ1) is 12.0. The number of halogens is 1. The maximum atomic E-state index is 12.3. The highest BCUT2D eigenvalue weighted by molar-refractivity contribution is 8.03. The van der Waals surface area contributed by atoms with Gasteiger partial charge in [-0.1, -0.05) is 22.9 Å². The van der Waals surface area contributed by atoms with E-state index in [1.54, 1.807) is 6.08 Å². The number of nitrogens with zero attached hydrogens (tertiary/aromatic N) is 3. The van der Waals surface area contributed by atoms with Gasteiger partial charge in [0.25, 0.3) is 5.91 Å². The largest absolute Gasteiger partial charge is 0.477 e. The summed E-state index contributed by atoms with van der Waals surface area (Å²) in [5, 5.41) is 11.0. The lowest BCUT2D eigenvalue weighted by molar-refractivity contribution is -0.141. The summed E-state index contributed by atoms with van der Waals surface area (Å²) in [4.78, 5) is 30.0. The Morgan fingerprint density at radius 2 is 2.24 bits per heavy atom. The summed E-state index contributed by atoms with van der Waals surface area (Å²) in [6, 6.07) is 5.66. The molecular formula is C16H8ClN3O3S2. The summed E-state index contributed by atoms with van der Waals surface area (Å²) >= 11 is 8.86. The van der Waals surface area contributed by atoms with Crippen molar-refractivity contribution in [3.63, 3.8) is 0 Å². The third-order valence-corrected chi connectivity index (χ3v) is 6.47. The fourth-order valence-electron chi connectivity index (χ4n) is 2.99. The van der Waals surface area contributed by atoms with E-state index in [1.165, 1.54) is 33.4 Å². The molecule has 1 fully saturated rings. The number of hydrogen-bond donors (Lipinski definition) is 1. The monoisotopic (exact) mass is 389 g/mol. The first-order valence-electron chi connectivity index (χ1n) is 7.24. The van der Waals surface area contributed by atoms with Gasteiger partial charge in [-0.25, -0.2) is 9.78 Å². The topological polar surface area (TPSA) is 74.9 Å². The van der Waals surface area contributed by atoms with Gasteiger partial charge in [0.2, 0.25) is 0 Å². The molecule has 1 saturated heterocycles. The number of aromatic nitrogens is 2. The number of carbonyl (C=O) groups is 2. The number of aliphatic carboxylic acids is 1. The minimum Gasteiger partial charge on any atom is -0.477 e. The molecule has 0 radical (unpaired) electrons. The molecule has 25 heavy (non-hydrogen) atoms. The number of imidazole rings is 1. The Hall–Kier alpha value is -2.29. The van der Waals surface area contributed by atoms with Gasteiger partial charge < -0.3 is 5.11 Å². The number of hydrogen-bond acceptors (Lipinski definition) is 5. The highest BCUT2D eigenvalue weighted by Crippen LogP contribution is 2.45. The van der Waals surface area contributed by atoms with Crippen molar-refractivity contribution in [1.82, 2.24) is 14.3 Å². The number of carboxylic acids is 1.